The summed E-state index contributed by atoms with van der Waals surface area (Å²) < 4.78 is 0. The molecule has 1 aromatic carbocycles. The van der Waals surface area contributed by atoms with Crippen LogP contribution in [0.25, 0.3) is 0 Å². The smallest absolute Gasteiger partial charge is 0.233 e. The van der Waals surface area contributed by atoms with Gasteiger partial charge in [0.25, 0.3) is 0 Å². The number of hydrogen-bond acceptors (Lipinski definition) is 2. The molecule has 2 fully saturated rings. The van der Waals surface area contributed by atoms with Gasteiger partial charge in [-0.15, -0.1) is 0 Å². The molecule has 1 aliphatic carbocycles. The molecule has 0 unspecified atom stereocenters. The second-order valence-electron chi connectivity index (χ2n) is 8.99. The predicted octanol–water partition coefficient (Wildman–Crippen LogP) is 4.17. The van der Waals surface area contributed by atoms with Crippen LogP contribution in [0.1, 0.15) is 76.8 Å². The van der Waals surface area contributed by atoms with Crippen LogP contribution in [0.2, 0.25) is 0 Å². The molecule has 1 saturated carbocycles. The van der Waals surface area contributed by atoms with Crippen molar-refractivity contribution in [3.8, 4) is 0 Å². The highest BCUT2D eigenvalue weighted by Crippen LogP contribution is 2.42. The van der Waals surface area contributed by atoms with E-state index in [9.17, 15) is 9.90 Å². The van der Waals surface area contributed by atoms with E-state index in [1.165, 1.54) is 17.5 Å². The highest BCUT2D eigenvalue weighted by molar-refractivity contribution is 5.88. The van der Waals surface area contributed by atoms with E-state index in [1.54, 1.807) is 0 Å². The van der Waals surface area contributed by atoms with Crippen molar-refractivity contribution in [2.24, 2.45) is 0 Å². The maximum atomic E-state index is 13.5. The Labute approximate surface area is 152 Å². The Balaban J connectivity index is 1.89. The Morgan fingerprint density at radius 3 is 2.12 bits per heavy atom. The Bertz CT molecular complexity index is 585. The summed E-state index contributed by atoms with van der Waals surface area (Å²) in [5.41, 5.74) is 2.29. The number of rotatable bonds is 2. The second-order valence-corrected chi connectivity index (χ2v) is 8.99. The molecule has 0 atom stereocenters. The normalized spacial score (nSPS) is 22.0. The lowest BCUT2D eigenvalue weighted by Gasteiger charge is -2.42. The van der Waals surface area contributed by atoms with Gasteiger partial charge >= 0.3 is 0 Å². The molecule has 25 heavy (non-hydrogen) atoms. The fourth-order valence-corrected chi connectivity index (χ4v) is 4.44. The van der Waals surface area contributed by atoms with Gasteiger partial charge in [-0.05, 0) is 42.2 Å². The summed E-state index contributed by atoms with van der Waals surface area (Å²) in [6.07, 6.45) is 6.59. The maximum Gasteiger partial charge on any atom is 0.233 e. The van der Waals surface area contributed by atoms with Crippen LogP contribution in [0.4, 0.5) is 0 Å². The molecule has 0 radical (unpaired) electrons. The first-order valence-corrected chi connectivity index (χ1v) is 9.91. The first kappa shape index (κ1) is 18.4. The third-order valence-corrected chi connectivity index (χ3v) is 6.17. The topological polar surface area (TPSA) is 40.5 Å². The Hall–Kier alpha value is -1.35. The molecule has 3 nitrogen and oxygen atoms in total. The van der Waals surface area contributed by atoms with Crippen molar-refractivity contribution < 1.29 is 9.90 Å². The Kier molecular flexibility index (Phi) is 5.24. The van der Waals surface area contributed by atoms with Crippen molar-refractivity contribution in [2.45, 2.75) is 82.7 Å². The number of likely N-dealkylation sites (tertiary alicyclic amines) is 1. The molecule has 0 aromatic heterocycles. The van der Waals surface area contributed by atoms with E-state index < -0.39 is 0 Å². The number of hydrogen-bond donors (Lipinski definition) is 1. The van der Waals surface area contributed by atoms with Crippen LogP contribution in [0, 0.1) is 0 Å². The van der Waals surface area contributed by atoms with Crippen LogP contribution in [0.15, 0.2) is 24.3 Å². The number of amides is 1. The van der Waals surface area contributed by atoms with Crippen LogP contribution in [-0.4, -0.2) is 35.1 Å². The molecule has 2 aliphatic rings. The number of aliphatic hydroxyl groups is 1. The van der Waals surface area contributed by atoms with E-state index in [2.05, 4.69) is 45.0 Å². The van der Waals surface area contributed by atoms with Gasteiger partial charge in [-0.2, -0.15) is 0 Å². The average Bonchev–Trinajstić information content (AvgIpc) is 2.62. The molecule has 3 rings (SSSR count). The Morgan fingerprint density at radius 1 is 1.04 bits per heavy atom. The maximum absolute atomic E-state index is 13.5. The summed E-state index contributed by atoms with van der Waals surface area (Å²) >= 11 is 0. The molecule has 1 aromatic rings. The van der Waals surface area contributed by atoms with E-state index in [1.807, 2.05) is 4.90 Å². The molecule has 1 heterocycles. The molecule has 1 saturated heterocycles. The quantitative estimate of drug-likeness (QED) is 0.875. The zero-order chi connectivity index (χ0) is 18.1. The average molecular weight is 344 g/mol. The molecular formula is C22H33NO2. The number of benzene rings is 1. The second kappa shape index (κ2) is 7.11. The lowest BCUT2D eigenvalue weighted by Crippen LogP contribution is -2.51. The van der Waals surface area contributed by atoms with Crippen molar-refractivity contribution in [1.29, 1.82) is 0 Å². The first-order chi connectivity index (χ1) is 11.8. The minimum atomic E-state index is -0.350. The van der Waals surface area contributed by atoms with Crippen LogP contribution >= 0.6 is 0 Å². The SMILES string of the molecule is CC(C)(C)c1ccc(C2(C(=O)N3CCC(O)CC3)CCCCC2)cc1. The number of carbonyl (C=O) groups is 1. The molecule has 0 spiro atoms. The van der Waals surface area contributed by atoms with Gasteiger partial charge in [-0.1, -0.05) is 64.3 Å². The van der Waals surface area contributed by atoms with Crippen molar-refractivity contribution in [3.05, 3.63) is 35.4 Å². The summed E-state index contributed by atoms with van der Waals surface area (Å²) in [6, 6.07) is 8.81. The van der Waals surface area contributed by atoms with Crippen LogP contribution in [0.5, 0.6) is 0 Å². The van der Waals surface area contributed by atoms with Crippen LogP contribution in [0.3, 0.4) is 0 Å². The Morgan fingerprint density at radius 2 is 1.60 bits per heavy atom. The zero-order valence-corrected chi connectivity index (χ0v) is 16.1. The van der Waals surface area contributed by atoms with Crippen LogP contribution in [-0.2, 0) is 15.6 Å². The van der Waals surface area contributed by atoms with Crippen molar-refractivity contribution in [2.75, 3.05) is 13.1 Å². The van der Waals surface area contributed by atoms with Gasteiger partial charge in [0.15, 0.2) is 0 Å². The van der Waals surface area contributed by atoms with Gasteiger partial charge in [0.1, 0.15) is 0 Å². The molecule has 138 valence electrons. The number of piperidine rings is 1. The van der Waals surface area contributed by atoms with E-state index in [0.29, 0.717) is 31.8 Å². The van der Waals surface area contributed by atoms with Gasteiger partial charge in [0.05, 0.1) is 11.5 Å². The highest BCUT2D eigenvalue weighted by Gasteiger charge is 2.44. The van der Waals surface area contributed by atoms with Gasteiger partial charge in [-0.25, -0.2) is 0 Å². The third-order valence-electron chi connectivity index (χ3n) is 6.17. The minimum absolute atomic E-state index is 0.130. The fourth-order valence-electron chi connectivity index (χ4n) is 4.44. The highest BCUT2D eigenvalue weighted by atomic mass is 16.3. The van der Waals surface area contributed by atoms with Crippen LogP contribution < -0.4 is 0 Å². The fraction of sp³-hybridized carbons (Fsp3) is 0.682. The summed E-state index contributed by atoms with van der Waals surface area (Å²) in [6.45, 7) is 8.07. The van der Waals surface area contributed by atoms with Gasteiger partial charge in [-0.3, -0.25) is 4.79 Å². The predicted molar refractivity (Wildman–Crippen MR) is 102 cm³/mol. The van der Waals surface area contributed by atoms with Gasteiger partial charge in [0, 0.05) is 13.1 Å². The van der Waals surface area contributed by atoms with Crippen molar-refractivity contribution in [3.63, 3.8) is 0 Å². The molecule has 3 heteroatoms. The van der Waals surface area contributed by atoms with Gasteiger partial charge in [0.2, 0.25) is 5.91 Å². The zero-order valence-electron chi connectivity index (χ0n) is 16.1. The molecule has 1 N–H and O–H groups in total. The monoisotopic (exact) mass is 343 g/mol. The van der Waals surface area contributed by atoms with E-state index in [0.717, 1.165) is 25.7 Å². The lowest BCUT2D eigenvalue weighted by atomic mass is 9.68. The van der Waals surface area contributed by atoms with Crippen molar-refractivity contribution >= 4 is 5.91 Å². The lowest BCUT2D eigenvalue weighted by molar-refractivity contribution is -0.141. The van der Waals surface area contributed by atoms with E-state index >= 15 is 0 Å². The summed E-state index contributed by atoms with van der Waals surface area (Å²) in [5.74, 6) is 0.294. The summed E-state index contributed by atoms with van der Waals surface area (Å²) in [4.78, 5) is 15.5. The number of carbonyl (C=O) groups excluding carboxylic acids is 1. The number of nitrogens with zero attached hydrogens (tertiary/aromatic N) is 1. The standard InChI is InChI=1S/C22H33NO2/c1-21(2,3)17-7-9-18(10-8-17)22(13-5-4-6-14-22)20(25)23-15-11-19(24)12-16-23/h7-10,19,24H,4-6,11-16H2,1-3H3. The van der Waals surface area contributed by atoms with Gasteiger partial charge < -0.3 is 10.0 Å². The summed E-state index contributed by atoms with van der Waals surface area (Å²) in [5, 5.41) is 9.77. The number of aliphatic hydroxyl groups excluding tert-OH is 1. The van der Waals surface area contributed by atoms with E-state index in [4.69, 9.17) is 0 Å². The molecule has 1 amide bonds. The summed E-state index contributed by atoms with van der Waals surface area (Å²) in [7, 11) is 0. The molecular weight excluding hydrogens is 310 g/mol. The third kappa shape index (κ3) is 3.76. The first-order valence-electron chi connectivity index (χ1n) is 9.91. The molecule has 0 bridgehead atoms. The minimum Gasteiger partial charge on any atom is -0.393 e. The largest absolute Gasteiger partial charge is 0.393 e. The van der Waals surface area contributed by atoms with E-state index in [-0.39, 0.29) is 16.9 Å². The molecule has 1 aliphatic heterocycles. The van der Waals surface area contributed by atoms with Crippen molar-refractivity contribution in [1.82, 2.24) is 4.90 Å².